The average molecular weight is 302 g/mol. The van der Waals surface area contributed by atoms with Crippen LogP contribution in [0.15, 0.2) is 0 Å². The number of rotatable bonds is 5. The number of carboxylic acid groups (broad SMARTS) is 1. The minimum Gasteiger partial charge on any atom is -0.480 e. The van der Waals surface area contributed by atoms with Crippen molar-refractivity contribution in [1.82, 2.24) is 10.2 Å². The molecule has 1 saturated heterocycles. The van der Waals surface area contributed by atoms with Crippen molar-refractivity contribution in [3.05, 3.63) is 0 Å². The Hall–Kier alpha value is -1.83. The smallest absolute Gasteiger partial charge is 0.328 e. The highest BCUT2D eigenvalue weighted by Crippen LogP contribution is 2.18. The standard InChI is InChI=1S/C13H22N2O6/c1-7(2)4-9(12(19)21-3)14-13(20)15-6-8(16)5-10(15)11(17)18/h7-10,16H,4-6H2,1-3H3,(H,14,20)(H,17,18). The predicted octanol–water partition coefficient (Wildman–Crippen LogP) is -0.196. The summed E-state index contributed by atoms with van der Waals surface area (Å²) in [7, 11) is 1.22. The van der Waals surface area contributed by atoms with E-state index in [2.05, 4.69) is 10.1 Å². The molecular weight excluding hydrogens is 280 g/mol. The Balaban J connectivity index is 2.76. The molecule has 0 aromatic rings. The van der Waals surface area contributed by atoms with Gasteiger partial charge in [0.1, 0.15) is 12.1 Å². The predicted molar refractivity (Wildman–Crippen MR) is 72.5 cm³/mol. The van der Waals surface area contributed by atoms with Gasteiger partial charge in [-0.1, -0.05) is 13.8 Å². The van der Waals surface area contributed by atoms with Gasteiger partial charge in [-0.3, -0.25) is 0 Å². The molecule has 0 aromatic carbocycles. The number of ether oxygens (including phenoxy) is 1. The van der Waals surface area contributed by atoms with E-state index in [4.69, 9.17) is 5.11 Å². The molecule has 0 aromatic heterocycles. The average Bonchev–Trinajstić information content (AvgIpc) is 2.78. The molecule has 8 heteroatoms. The van der Waals surface area contributed by atoms with Gasteiger partial charge in [0.05, 0.1) is 13.2 Å². The fourth-order valence-corrected chi connectivity index (χ4v) is 2.33. The van der Waals surface area contributed by atoms with Crippen LogP contribution in [0.1, 0.15) is 26.7 Å². The van der Waals surface area contributed by atoms with Crippen molar-refractivity contribution in [2.45, 2.75) is 44.9 Å². The second-order valence-corrected chi connectivity index (χ2v) is 5.55. The van der Waals surface area contributed by atoms with E-state index in [9.17, 15) is 19.5 Å². The summed E-state index contributed by atoms with van der Waals surface area (Å²) in [6.45, 7) is 3.71. The van der Waals surface area contributed by atoms with Gasteiger partial charge >= 0.3 is 18.0 Å². The molecule has 1 heterocycles. The lowest BCUT2D eigenvalue weighted by molar-refractivity contribution is -0.143. The Labute approximate surface area is 123 Å². The zero-order chi connectivity index (χ0) is 16.2. The molecular formula is C13H22N2O6. The lowest BCUT2D eigenvalue weighted by Gasteiger charge is -2.25. The molecule has 1 rings (SSSR count). The summed E-state index contributed by atoms with van der Waals surface area (Å²) >= 11 is 0. The highest BCUT2D eigenvalue weighted by molar-refractivity contribution is 5.87. The van der Waals surface area contributed by atoms with Gasteiger partial charge < -0.3 is 25.2 Å². The lowest BCUT2D eigenvalue weighted by Crippen LogP contribution is -2.51. The molecule has 21 heavy (non-hydrogen) atoms. The molecule has 0 saturated carbocycles. The molecule has 2 amide bonds. The summed E-state index contributed by atoms with van der Waals surface area (Å²) in [5.41, 5.74) is 0. The maximum absolute atomic E-state index is 12.2. The number of carbonyl (C=O) groups is 3. The first-order chi connectivity index (χ1) is 9.76. The number of methoxy groups -OCH3 is 1. The summed E-state index contributed by atoms with van der Waals surface area (Å²) in [4.78, 5) is 35.9. The van der Waals surface area contributed by atoms with E-state index in [1.54, 1.807) is 0 Å². The van der Waals surface area contributed by atoms with Crippen molar-refractivity contribution in [1.29, 1.82) is 0 Å². The molecule has 3 N–H and O–H groups in total. The zero-order valence-electron chi connectivity index (χ0n) is 12.4. The van der Waals surface area contributed by atoms with Crippen molar-refractivity contribution in [2.24, 2.45) is 5.92 Å². The van der Waals surface area contributed by atoms with Crippen molar-refractivity contribution < 1.29 is 29.3 Å². The first-order valence-corrected chi connectivity index (χ1v) is 6.82. The summed E-state index contributed by atoms with van der Waals surface area (Å²) in [5.74, 6) is -1.61. The first kappa shape index (κ1) is 17.2. The Bertz CT molecular complexity index is 411. The highest BCUT2D eigenvalue weighted by Gasteiger charge is 2.40. The molecule has 3 unspecified atom stereocenters. The first-order valence-electron chi connectivity index (χ1n) is 6.82. The SMILES string of the molecule is COC(=O)C(CC(C)C)NC(=O)N1CC(O)CC1C(=O)O. The monoisotopic (exact) mass is 302 g/mol. The number of carboxylic acids is 1. The van der Waals surface area contributed by atoms with E-state index < -0.39 is 36.2 Å². The number of aliphatic hydroxyl groups excluding tert-OH is 1. The van der Waals surface area contributed by atoms with Gasteiger partial charge in [0.2, 0.25) is 0 Å². The zero-order valence-corrected chi connectivity index (χ0v) is 12.4. The van der Waals surface area contributed by atoms with Crippen LogP contribution in [0.25, 0.3) is 0 Å². The van der Waals surface area contributed by atoms with Crippen LogP contribution in [0.5, 0.6) is 0 Å². The molecule has 120 valence electrons. The van der Waals surface area contributed by atoms with E-state index in [-0.39, 0.29) is 18.9 Å². The third-order valence-corrected chi connectivity index (χ3v) is 3.32. The number of nitrogens with one attached hydrogen (secondary N) is 1. The van der Waals surface area contributed by atoms with Gasteiger partial charge in [0, 0.05) is 13.0 Å². The van der Waals surface area contributed by atoms with Gasteiger partial charge in [-0.2, -0.15) is 0 Å². The minimum atomic E-state index is -1.18. The molecule has 8 nitrogen and oxygen atoms in total. The third kappa shape index (κ3) is 4.59. The second-order valence-electron chi connectivity index (χ2n) is 5.55. The van der Waals surface area contributed by atoms with Crippen LogP contribution in [0.3, 0.4) is 0 Å². The van der Waals surface area contributed by atoms with Gasteiger partial charge in [-0.25, -0.2) is 14.4 Å². The summed E-state index contributed by atoms with van der Waals surface area (Å²) in [6, 6.07) is -2.61. The van der Waals surface area contributed by atoms with E-state index in [0.29, 0.717) is 6.42 Å². The Morgan fingerprint density at radius 2 is 2.00 bits per heavy atom. The maximum atomic E-state index is 12.2. The van der Waals surface area contributed by atoms with Crippen LogP contribution in [0, 0.1) is 5.92 Å². The Morgan fingerprint density at radius 3 is 2.48 bits per heavy atom. The number of hydrogen-bond acceptors (Lipinski definition) is 5. The van der Waals surface area contributed by atoms with E-state index in [1.807, 2.05) is 13.8 Å². The number of β-amino-alcohol motifs (C(OH)–C–C–N with tert-alkyl or cyclic N) is 1. The number of urea groups is 1. The summed E-state index contributed by atoms with van der Waals surface area (Å²) in [6.07, 6.45) is -0.513. The van der Waals surface area contributed by atoms with Gasteiger partial charge in [-0.05, 0) is 12.3 Å². The molecule has 0 spiro atoms. The Morgan fingerprint density at radius 1 is 1.38 bits per heavy atom. The maximum Gasteiger partial charge on any atom is 0.328 e. The molecule has 0 radical (unpaired) electrons. The Kier molecular flexibility index (Phi) is 5.95. The third-order valence-electron chi connectivity index (χ3n) is 3.32. The summed E-state index contributed by atoms with van der Waals surface area (Å²) in [5, 5.41) is 21.1. The van der Waals surface area contributed by atoms with E-state index >= 15 is 0 Å². The number of amides is 2. The van der Waals surface area contributed by atoms with Gasteiger partial charge in [0.25, 0.3) is 0 Å². The van der Waals surface area contributed by atoms with E-state index in [1.165, 1.54) is 7.11 Å². The van der Waals surface area contributed by atoms with E-state index in [0.717, 1.165) is 4.90 Å². The van der Waals surface area contributed by atoms with Crippen LogP contribution in [0.2, 0.25) is 0 Å². The number of carbonyl (C=O) groups excluding carboxylic acids is 2. The van der Waals surface area contributed by atoms with Crippen molar-refractivity contribution >= 4 is 18.0 Å². The number of likely N-dealkylation sites (tertiary alicyclic amines) is 1. The normalized spacial score (nSPS) is 23.0. The molecule has 1 aliphatic rings. The van der Waals surface area contributed by atoms with Crippen LogP contribution in [0.4, 0.5) is 4.79 Å². The van der Waals surface area contributed by atoms with Crippen LogP contribution in [-0.4, -0.2) is 64.9 Å². The highest BCUT2D eigenvalue weighted by atomic mass is 16.5. The van der Waals surface area contributed by atoms with Gasteiger partial charge in [0.15, 0.2) is 0 Å². The minimum absolute atomic E-state index is 0.0180. The van der Waals surface area contributed by atoms with Crippen molar-refractivity contribution in [3.8, 4) is 0 Å². The second kappa shape index (κ2) is 7.26. The topological polar surface area (TPSA) is 116 Å². The van der Waals surface area contributed by atoms with Crippen LogP contribution < -0.4 is 5.32 Å². The fraction of sp³-hybridized carbons (Fsp3) is 0.769. The van der Waals surface area contributed by atoms with Crippen LogP contribution in [-0.2, 0) is 14.3 Å². The molecule has 0 aliphatic carbocycles. The molecule has 0 bridgehead atoms. The quantitative estimate of drug-likeness (QED) is 0.606. The fourth-order valence-electron chi connectivity index (χ4n) is 2.33. The molecule has 3 atom stereocenters. The molecule has 1 aliphatic heterocycles. The number of aliphatic hydroxyl groups is 1. The summed E-state index contributed by atoms with van der Waals surface area (Å²) < 4.78 is 4.63. The van der Waals surface area contributed by atoms with Gasteiger partial charge in [-0.15, -0.1) is 0 Å². The number of hydrogen-bond donors (Lipinski definition) is 3. The largest absolute Gasteiger partial charge is 0.480 e. The van der Waals surface area contributed by atoms with Crippen molar-refractivity contribution in [3.63, 3.8) is 0 Å². The lowest BCUT2D eigenvalue weighted by atomic mass is 10.0. The van der Waals surface area contributed by atoms with Crippen molar-refractivity contribution in [2.75, 3.05) is 13.7 Å². The number of nitrogens with zero attached hydrogens (tertiary/aromatic N) is 1. The molecule has 1 fully saturated rings. The number of esters is 1. The number of aliphatic carboxylic acids is 1. The van der Waals surface area contributed by atoms with Crippen LogP contribution >= 0.6 is 0 Å².